The van der Waals surface area contributed by atoms with Gasteiger partial charge in [-0.3, -0.25) is 19.0 Å². The maximum absolute atomic E-state index is 13.0. The monoisotopic (exact) mass is 409 g/mol. The molecule has 1 N–H and O–H groups in total. The molecule has 0 radical (unpaired) electrons. The van der Waals surface area contributed by atoms with Gasteiger partial charge in [0.2, 0.25) is 5.91 Å². The first kappa shape index (κ1) is 21.6. The van der Waals surface area contributed by atoms with E-state index < -0.39 is 6.04 Å². The predicted molar refractivity (Wildman–Crippen MR) is 112 cm³/mol. The van der Waals surface area contributed by atoms with Crippen LogP contribution in [-0.4, -0.2) is 33.0 Å². The summed E-state index contributed by atoms with van der Waals surface area (Å²) in [6.45, 7) is 13.0. The number of fused-ring (bicyclic) bond motifs is 1. The predicted octanol–water partition coefficient (Wildman–Crippen LogP) is 3.48. The van der Waals surface area contributed by atoms with Crippen molar-refractivity contribution in [2.45, 2.75) is 65.7 Å². The second-order valence-corrected chi connectivity index (χ2v) is 9.46. The Kier molecular flexibility index (Phi) is 6.86. The number of Topliss-reactive ketones (excluding diaryl/α,β-unsaturated/α-hetero) is 1. The van der Waals surface area contributed by atoms with Crippen molar-refractivity contribution >= 4 is 45.0 Å². The second kappa shape index (κ2) is 8.56. The summed E-state index contributed by atoms with van der Waals surface area (Å²) in [7, 11) is 0. The van der Waals surface area contributed by atoms with Gasteiger partial charge in [-0.15, -0.1) is 11.3 Å². The molecule has 2 rings (SSSR count). The highest BCUT2D eigenvalue weighted by molar-refractivity contribution is 7.99. The summed E-state index contributed by atoms with van der Waals surface area (Å²) in [6, 6.07) is -0.566. The quantitative estimate of drug-likeness (QED) is 0.559. The van der Waals surface area contributed by atoms with Gasteiger partial charge in [-0.1, -0.05) is 25.6 Å². The van der Waals surface area contributed by atoms with Gasteiger partial charge >= 0.3 is 0 Å². The van der Waals surface area contributed by atoms with Crippen LogP contribution in [0.15, 0.2) is 9.95 Å². The lowest BCUT2D eigenvalue weighted by Crippen LogP contribution is -2.44. The number of hydrogen-bond acceptors (Lipinski definition) is 6. The molecule has 2 heterocycles. The number of aryl methyl sites for hydroxylation is 2. The number of thiophene rings is 1. The molecule has 0 spiro atoms. The summed E-state index contributed by atoms with van der Waals surface area (Å²) in [5, 5.41) is 3.97. The summed E-state index contributed by atoms with van der Waals surface area (Å²) >= 11 is 2.73. The van der Waals surface area contributed by atoms with E-state index in [0.29, 0.717) is 15.4 Å². The first-order chi connectivity index (χ1) is 12.5. The van der Waals surface area contributed by atoms with E-state index in [1.807, 2.05) is 41.5 Å². The van der Waals surface area contributed by atoms with E-state index in [1.165, 1.54) is 30.0 Å². The Balaban J connectivity index is 2.31. The fraction of sp³-hybridized carbons (Fsp3) is 0.579. The molecule has 0 aromatic carbocycles. The zero-order valence-electron chi connectivity index (χ0n) is 16.9. The lowest BCUT2D eigenvalue weighted by molar-refractivity contribution is -0.126. The van der Waals surface area contributed by atoms with Gasteiger partial charge in [-0.25, -0.2) is 4.98 Å². The van der Waals surface area contributed by atoms with Crippen LogP contribution < -0.4 is 10.9 Å². The summed E-state index contributed by atoms with van der Waals surface area (Å²) in [4.78, 5) is 43.4. The smallest absolute Gasteiger partial charge is 0.263 e. The Morgan fingerprint density at radius 1 is 1.22 bits per heavy atom. The van der Waals surface area contributed by atoms with E-state index in [0.717, 1.165) is 10.4 Å². The minimum atomic E-state index is -0.497. The van der Waals surface area contributed by atoms with Gasteiger partial charge in [0.05, 0.1) is 17.2 Å². The number of hydrogen-bond donors (Lipinski definition) is 1. The van der Waals surface area contributed by atoms with Crippen molar-refractivity contribution in [3.63, 3.8) is 0 Å². The molecule has 0 saturated carbocycles. The summed E-state index contributed by atoms with van der Waals surface area (Å²) in [5.41, 5.74) is 0.904. The summed E-state index contributed by atoms with van der Waals surface area (Å²) in [5.74, 6) is -0.176. The molecule has 0 aliphatic rings. The molecule has 2 aromatic rings. The molecule has 27 heavy (non-hydrogen) atoms. The van der Waals surface area contributed by atoms with Gasteiger partial charge in [0, 0.05) is 10.9 Å². The molecule has 0 aliphatic heterocycles. The van der Waals surface area contributed by atoms with Crippen LogP contribution in [0.1, 0.15) is 51.1 Å². The average Bonchev–Trinajstić information content (AvgIpc) is 2.84. The zero-order chi connectivity index (χ0) is 20.5. The van der Waals surface area contributed by atoms with E-state index in [1.54, 1.807) is 4.57 Å². The molecule has 0 aliphatic carbocycles. The van der Waals surface area contributed by atoms with Crippen molar-refractivity contribution in [1.29, 1.82) is 0 Å². The number of ketones is 1. The Bertz CT molecular complexity index is 928. The largest absolute Gasteiger partial charge is 0.345 e. The molecule has 1 amide bonds. The topological polar surface area (TPSA) is 81.1 Å². The zero-order valence-corrected chi connectivity index (χ0v) is 18.5. The lowest BCUT2D eigenvalue weighted by Gasteiger charge is -2.20. The van der Waals surface area contributed by atoms with Crippen LogP contribution in [0, 0.1) is 19.8 Å². The molecule has 6 nitrogen and oxygen atoms in total. The van der Waals surface area contributed by atoms with Gasteiger partial charge in [-0.2, -0.15) is 0 Å². The lowest BCUT2D eigenvalue weighted by atomic mass is 10.0. The number of aromatic nitrogens is 2. The Morgan fingerprint density at radius 3 is 2.37 bits per heavy atom. The SMILES string of the molecule is CC(=O)C(NC(=O)CSc1nc2sc(C)c(C)c2c(=O)n1C(C)C)C(C)C. The fourth-order valence-electron chi connectivity index (χ4n) is 2.93. The number of thioether (sulfide) groups is 1. The van der Waals surface area contributed by atoms with Crippen molar-refractivity contribution in [2.75, 3.05) is 5.75 Å². The maximum Gasteiger partial charge on any atom is 0.263 e. The minimum absolute atomic E-state index is 0.0249. The normalized spacial score (nSPS) is 12.8. The van der Waals surface area contributed by atoms with E-state index in [9.17, 15) is 14.4 Å². The maximum atomic E-state index is 13.0. The minimum Gasteiger partial charge on any atom is -0.345 e. The fourth-order valence-corrected chi connectivity index (χ4v) is 4.94. The van der Waals surface area contributed by atoms with Gasteiger partial charge in [0.25, 0.3) is 5.56 Å². The van der Waals surface area contributed by atoms with Gasteiger partial charge in [-0.05, 0) is 46.1 Å². The first-order valence-electron chi connectivity index (χ1n) is 8.99. The highest BCUT2D eigenvalue weighted by Crippen LogP contribution is 2.29. The van der Waals surface area contributed by atoms with Gasteiger partial charge < -0.3 is 5.32 Å². The third-order valence-corrected chi connectivity index (χ3v) is 6.53. The highest BCUT2D eigenvalue weighted by atomic mass is 32.2. The molecule has 1 unspecified atom stereocenters. The van der Waals surface area contributed by atoms with Crippen LogP contribution in [0.2, 0.25) is 0 Å². The van der Waals surface area contributed by atoms with Crippen LogP contribution in [0.25, 0.3) is 10.2 Å². The van der Waals surface area contributed by atoms with Gasteiger partial charge in [0.1, 0.15) is 4.83 Å². The number of carbonyl (C=O) groups excluding carboxylic acids is 2. The number of rotatable bonds is 7. The average molecular weight is 410 g/mol. The van der Waals surface area contributed by atoms with Crippen LogP contribution in [0.4, 0.5) is 0 Å². The third kappa shape index (κ3) is 4.60. The summed E-state index contributed by atoms with van der Waals surface area (Å²) < 4.78 is 1.64. The van der Waals surface area contributed by atoms with Crippen molar-refractivity contribution in [2.24, 2.45) is 5.92 Å². The number of carbonyl (C=O) groups is 2. The molecule has 8 heteroatoms. The molecule has 0 fully saturated rings. The number of nitrogens with zero attached hydrogens (tertiary/aromatic N) is 2. The van der Waals surface area contributed by atoms with E-state index in [2.05, 4.69) is 10.3 Å². The Morgan fingerprint density at radius 2 is 1.85 bits per heavy atom. The van der Waals surface area contributed by atoms with Crippen molar-refractivity contribution < 1.29 is 9.59 Å². The molecular weight excluding hydrogens is 382 g/mol. The van der Waals surface area contributed by atoms with Gasteiger partial charge in [0.15, 0.2) is 10.9 Å². The van der Waals surface area contributed by atoms with Crippen molar-refractivity contribution in [3.8, 4) is 0 Å². The molecule has 2 aromatic heterocycles. The highest BCUT2D eigenvalue weighted by Gasteiger charge is 2.22. The standard InChI is InChI=1S/C19H27N3O3S2/c1-9(2)16(12(6)23)20-14(24)8-26-19-21-17-15(11(5)13(7)27-17)18(25)22(19)10(3)4/h9-10,16H,8H2,1-7H3,(H,20,24). The molecule has 0 saturated heterocycles. The molecule has 148 valence electrons. The second-order valence-electron chi connectivity index (χ2n) is 7.32. The van der Waals surface area contributed by atoms with Crippen molar-refractivity contribution in [1.82, 2.24) is 14.9 Å². The van der Waals surface area contributed by atoms with Crippen LogP contribution in [0.5, 0.6) is 0 Å². The van der Waals surface area contributed by atoms with Crippen LogP contribution in [-0.2, 0) is 9.59 Å². The Hall–Kier alpha value is -1.67. The molecular formula is C19H27N3O3S2. The van der Waals surface area contributed by atoms with E-state index in [4.69, 9.17) is 0 Å². The first-order valence-corrected chi connectivity index (χ1v) is 10.8. The summed E-state index contributed by atoms with van der Waals surface area (Å²) in [6.07, 6.45) is 0. The number of nitrogens with one attached hydrogen (secondary N) is 1. The molecule has 0 bridgehead atoms. The third-order valence-electron chi connectivity index (χ3n) is 4.47. The van der Waals surface area contributed by atoms with Crippen LogP contribution in [0.3, 0.4) is 0 Å². The number of amides is 1. The molecule has 1 atom stereocenters. The van der Waals surface area contributed by atoms with E-state index in [-0.39, 0.29) is 35.0 Å². The van der Waals surface area contributed by atoms with E-state index >= 15 is 0 Å². The Labute approximate surface area is 167 Å². The van der Waals surface area contributed by atoms with Crippen molar-refractivity contribution in [3.05, 3.63) is 20.8 Å². The van der Waals surface area contributed by atoms with Crippen LogP contribution >= 0.6 is 23.1 Å².